The number of rotatable bonds is 4. The largest absolute Gasteiger partial charge is 0.497 e. The SMILES string of the molecule is COc1ccc(-c2nn3c(CC(C)C)nnc3s2)cc1. The fourth-order valence-corrected chi connectivity index (χ4v) is 2.86. The third-order valence-electron chi connectivity index (χ3n) is 2.98. The van der Waals surface area contributed by atoms with Gasteiger partial charge >= 0.3 is 0 Å². The van der Waals surface area contributed by atoms with Crippen molar-refractivity contribution in [2.24, 2.45) is 5.92 Å². The van der Waals surface area contributed by atoms with Gasteiger partial charge in [0.1, 0.15) is 10.8 Å². The van der Waals surface area contributed by atoms with Gasteiger partial charge < -0.3 is 4.74 Å². The van der Waals surface area contributed by atoms with Crippen LogP contribution in [0, 0.1) is 5.92 Å². The number of hydrogen-bond acceptors (Lipinski definition) is 5. The molecular weight excluding hydrogens is 272 g/mol. The van der Waals surface area contributed by atoms with Crippen molar-refractivity contribution in [3.63, 3.8) is 0 Å². The number of fused-ring (bicyclic) bond motifs is 1. The molecule has 0 spiro atoms. The minimum atomic E-state index is 0.536. The monoisotopic (exact) mass is 288 g/mol. The number of hydrogen-bond donors (Lipinski definition) is 0. The van der Waals surface area contributed by atoms with Crippen LogP contribution in [0.2, 0.25) is 0 Å². The first-order valence-corrected chi connectivity index (χ1v) is 7.34. The predicted molar refractivity (Wildman–Crippen MR) is 79.2 cm³/mol. The van der Waals surface area contributed by atoms with E-state index in [0.717, 1.165) is 33.5 Å². The van der Waals surface area contributed by atoms with Crippen molar-refractivity contribution in [1.82, 2.24) is 19.8 Å². The molecule has 5 nitrogen and oxygen atoms in total. The fourth-order valence-electron chi connectivity index (χ4n) is 2.00. The average molecular weight is 288 g/mol. The van der Waals surface area contributed by atoms with Crippen LogP contribution in [0.15, 0.2) is 24.3 Å². The minimum Gasteiger partial charge on any atom is -0.497 e. The first-order chi connectivity index (χ1) is 9.67. The Kier molecular flexibility index (Phi) is 3.40. The number of ether oxygens (including phenoxy) is 1. The van der Waals surface area contributed by atoms with Crippen molar-refractivity contribution in [1.29, 1.82) is 0 Å². The maximum absolute atomic E-state index is 5.17. The van der Waals surface area contributed by atoms with Crippen LogP contribution < -0.4 is 4.74 Å². The molecule has 6 heteroatoms. The van der Waals surface area contributed by atoms with Gasteiger partial charge in [-0.25, -0.2) is 0 Å². The molecule has 0 saturated carbocycles. The fraction of sp³-hybridized carbons (Fsp3) is 0.357. The maximum atomic E-state index is 5.17. The molecule has 3 aromatic rings. The van der Waals surface area contributed by atoms with Crippen molar-refractivity contribution >= 4 is 16.3 Å². The molecule has 0 radical (unpaired) electrons. The van der Waals surface area contributed by atoms with Crippen LogP contribution in [0.4, 0.5) is 0 Å². The third-order valence-corrected chi connectivity index (χ3v) is 3.93. The number of methoxy groups -OCH3 is 1. The summed E-state index contributed by atoms with van der Waals surface area (Å²) >= 11 is 1.55. The number of benzene rings is 1. The van der Waals surface area contributed by atoms with E-state index < -0.39 is 0 Å². The van der Waals surface area contributed by atoms with Gasteiger partial charge in [-0.1, -0.05) is 25.2 Å². The molecular formula is C14H16N4OS. The summed E-state index contributed by atoms with van der Waals surface area (Å²) in [6.07, 6.45) is 0.882. The lowest BCUT2D eigenvalue weighted by molar-refractivity contribution is 0.415. The average Bonchev–Trinajstić information content (AvgIpc) is 3.01. The first kappa shape index (κ1) is 13.1. The molecule has 2 aromatic heterocycles. The van der Waals surface area contributed by atoms with E-state index in [9.17, 15) is 0 Å². The summed E-state index contributed by atoms with van der Waals surface area (Å²) in [5.74, 6) is 2.30. The molecule has 0 bridgehead atoms. The molecule has 0 amide bonds. The normalized spacial score (nSPS) is 11.4. The van der Waals surface area contributed by atoms with Crippen molar-refractivity contribution in [3.05, 3.63) is 30.1 Å². The molecule has 0 aliphatic heterocycles. The molecule has 2 heterocycles. The van der Waals surface area contributed by atoms with Crippen LogP contribution in [-0.2, 0) is 6.42 Å². The topological polar surface area (TPSA) is 52.3 Å². The molecule has 0 atom stereocenters. The first-order valence-electron chi connectivity index (χ1n) is 6.53. The van der Waals surface area contributed by atoms with Crippen molar-refractivity contribution in [3.8, 4) is 16.3 Å². The van der Waals surface area contributed by atoms with Crippen LogP contribution >= 0.6 is 11.3 Å². The zero-order valence-corrected chi connectivity index (χ0v) is 12.5. The second kappa shape index (κ2) is 5.20. The molecule has 1 aromatic carbocycles. The summed E-state index contributed by atoms with van der Waals surface area (Å²) in [4.78, 5) is 0.839. The van der Waals surface area contributed by atoms with E-state index in [0.29, 0.717) is 5.92 Å². The summed E-state index contributed by atoms with van der Waals surface area (Å²) in [5.41, 5.74) is 1.07. The molecule has 0 aliphatic rings. The Labute approximate surface area is 121 Å². The Bertz CT molecular complexity index is 714. The standard InChI is InChI=1S/C14H16N4OS/c1-9(2)8-12-15-16-14-18(12)17-13(20-14)10-4-6-11(19-3)7-5-10/h4-7,9H,8H2,1-3H3. The van der Waals surface area contributed by atoms with E-state index in [2.05, 4.69) is 29.1 Å². The van der Waals surface area contributed by atoms with E-state index in [1.165, 1.54) is 0 Å². The van der Waals surface area contributed by atoms with Crippen LogP contribution in [0.1, 0.15) is 19.7 Å². The van der Waals surface area contributed by atoms with E-state index in [1.807, 2.05) is 28.8 Å². The van der Waals surface area contributed by atoms with Gasteiger partial charge in [-0.2, -0.15) is 9.61 Å². The highest BCUT2D eigenvalue weighted by Gasteiger charge is 2.13. The molecule has 0 saturated heterocycles. The quantitative estimate of drug-likeness (QED) is 0.740. The Morgan fingerprint density at radius 2 is 1.95 bits per heavy atom. The smallest absolute Gasteiger partial charge is 0.234 e. The van der Waals surface area contributed by atoms with Gasteiger partial charge in [-0.3, -0.25) is 0 Å². The van der Waals surface area contributed by atoms with E-state index in [-0.39, 0.29) is 0 Å². The second-order valence-electron chi connectivity index (χ2n) is 5.04. The summed E-state index contributed by atoms with van der Waals surface area (Å²) in [6.45, 7) is 4.33. The Balaban J connectivity index is 1.97. The predicted octanol–water partition coefficient (Wildman–Crippen LogP) is 3.06. The van der Waals surface area contributed by atoms with Crippen LogP contribution in [0.3, 0.4) is 0 Å². The van der Waals surface area contributed by atoms with Gasteiger partial charge in [0, 0.05) is 12.0 Å². The zero-order valence-electron chi connectivity index (χ0n) is 11.7. The third kappa shape index (κ3) is 2.38. The Hall–Kier alpha value is -1.95. The van der Waals surface area contributed by atoms with E-state index in [4.69, 9.17) is 4.74 Å². The highest BCUT2D eigenvalue weighted by molar-refractivity contribution is 7.19. The van der Waals surface area contributed by atoms with Gasteiger partial charge in [0.25, 0.3) is 0 Å². The lowest BCUT2D eigenvalue weighted by Gasteiger charge is -2.00. The van der Waals surface area contributed by atoms with Crippen LogP contribution in [0.25, 0.3) is 15.5 Å². The molecule has 20 heavy (non-hydrogen) atoms. The molecule has 0 fully saturated rings. The summed E-state index contributed by atoms with van der Waals surface area (Å²) in [6, 6.07) is 7.89. The van der Waals surface area contributed by atoms with Crippen molar-refractivity contribution in [2.75, 3.05) is 7.11 Å². The van der Waals surface area contributed by atoms with E-state index >= 15 is 0 Å². The lowest BCUT2D eigenvalue weighted by atomic mass is 10.1. The maximum Gasteiger partial charge on any atom is 0.234 e. The van der Waals surface area contributed by atoms with Crippen molar-refractivity contribution in [2.45, 2.75) is 20.3 Å². The van der Waals surface area contributed by atoms with E-state index in [1.54, 1.807) is 18.4 Å². The highest BCUT2D eigenvalue weighted by Crippen LogP contribution is 2.27. The molecule has 0 N–H and O–H groups in total. The lowest BCUT2D eigenvalue weighted by Crippen LogP contribution is -2.01. The van der Waals surface area contributed by atoms with Gasteiger partial charge in [0.15, 0.2) is 5.82 Å². The Morgan fingerprint density at radius 1 is 1.20 bits per heavy atom. The zero-order chi connectivity index (χ0) is 14.1. The van der Waals surface area contributed by atoms with Gasteiger partial charge in [0.2, 0.25) is 4.96 Å². The van der Waals surface area contributed by atoms with Gasteiger partial charge in [-0.05, 0) is 30.2 Å². The summed E-state index contributed by atoms with van der Waals surface area (Å²) < 4.78 is 7.02. The summed E-state index contributed by atoms with van der Waals surface area (Å²) in [5, 5.41) is 14.0. The number of aromatic nitrogens is 4. The minimum absolute atomic E-state index is 0.536. The van der Waals surface area contributed by atoms with Gasteiger partial charge in [-0.15, -0.1) is 10.2 Å². The van der Waals surface area contributed by atoms with Gasteiger partial charge in [0.05, 0.1) is 7.11 Å². The van der Waals surface area contributed by atoms with Crippen LogP contribution in [-0.4, -0.2) is 26.9 Å². The second-order valence-corrected chi connectivity index (χ2v) is 6.00. The molecule has 0 aliphatic carbocycles. The molecule has 104 valence electrons. The highest BCUT2D eigenvalue weighted by atomic mass is 32.1. The molecule has 3 rings (SSSR count). The van der Waals surface area contributed by atoms with Crippen molar-refractivity contribution < 1.29 is 4.74 Å². The Morgan fingerprint density at radius 3 is 2.60 bits per heavy atom. The number of nitrogens with zero attached hydrogens (tertiary/aromatic N) is 4. The molecule has 0 unspecified atom stereocenters. The summed E-state index contributed by atoms with van der Waals surface area (Å²) in [7, 11) is 1.66. The van der Waals surface area contributed by atoms with Crippen LogP contribution in [0.5, 0.6) is 5.75 Å².